The summed E-state index contributed by atoms with van der Waals surface area (Å²) in [5, 5.41) is 10.1. The number of piperazine rings is 1. The number of rotatable bonds is 7. The first-order valence-electron chi connectivity index (χ1n) is 11.6. The van der Waals surface area contributed by atoms with E-state index in [0.717, 1.165) is 41.9 Å². The van der Waals surface area contributed by atoms with Crippen LogP contribution in [0.5, 0.6) is 0 Å². The molecule has 1 saturated heterocycles. The van der Waals surface area contributed by atoms with Crippen LogP contribution in [0.25, 0.3) is 0 Å². The molecule has 3 heterocycles. The van der Waals surface area contributed by atoms with Crippen LogP contribution >= 0.6 is 11.3 Å². The molecule has 1 aliphatic heterocycles. The number of likely N-dealkylation sites (N-methyl/N-ethyl adjacent to an activating group) is 1. The van der Waals surface area contributed by atoms with Gasteiger partial charge in [0, 0.05) is 54.2 Å². The third-order valence-electron chi connectivity index (χ3n) is 5.68. The lowest BCUT2D eigenvalue weighted by atomic mass is 10.2. The molecule has 11 heteroatoms. The maximum atomic E-state index is 12.4. The lowest BCUT2D eigenvalue weighted by molar-refractivity contribution is 0.102. The molecule has 5 rings (SSSR count). The highest BCUT2D eigenvalue weighted by atomic mass is 32.1. The van der Waals surface area contributed by atoms with E-state index < -0.39 is 0 Å². The van der Waals surface area contributed by atoms with Crippen molar-refractivity contribution in [1.29, 1.82) is 0 Å². The van der Waals surface area contributed by atoms with Gasteiger partial charge in [-0.25, -0.2) is 4.98 Å². The molecule has 0 spiro atoms. The number of amides is 1. The number of carbonyl (C=O) groups is 1. The monoisotopic (exact) mass is 501 g/mol. The van der Waals surface area contributed by atoms with Crippen LogP contribution in [0.2, 0.25) is 0 Å². The molecule has 184 valence electrons. The molecule has 1 amide bonds. The average Bonchev–Trinajstić information content (AvgIpc) is 3.30. The summed E-state index contributed by atoms with van der Waals surface area (Å²) in [5.41, 5.74) is 2.10. The van der Waals surface area contributed by atoms with Crippen LogP contribution in [0.1, 0.15) is 15.2 Å². The zero-order valence-electron chi connectivity index (χ0n) is 20.1. The van der Waals surface area contributed by atoms with E-state index in [-0.39, 0.29) is 5.91 Å². The molecule has 3 N–H and O–H groups in total. The van der Waals surface area contributed by atoms with Gasteiger partial charge in [-0.2, -0.15) is 15.0 Å². The van der Waals surface area contributed by atoms with E-state index in [1.807, 2.05) is 55.6 Å². The van der Waals surface area contributed by atoms with Crippen LogP contribution in [-0.2, 0) is 0 Å². The molecule has 0 atom stereocenters. The Morgan fingerprint density at radius 1 is 0.861 bits per heavy atom. The first kappa shape index (κ1) is 23.6. The molecule has 2 aromatic heterocycles. The number of nitrogens with zero attached hydrogens (tertiary/aromatic N) is 6. The Kier molecular flexibility index (Phi) is 7.01. The van der Waals surface area contributed by atoms with E-state index in [9.17, 15) is 4.79 Å². The van der Waals surface area contributed by atoms with Crippen molar-refractivity contribution in [2.75, 3.05) is 54.1 Å². The number of benzene rings is 2. The number of anilines is 6. The van der Waals surface area contributed by atoms with Crippen LogP contribution in [0.3, 0.4) is 0 Å². The summed E-state index contributed by atoms with van der Waals surface area (Å²) in [6.07, 6.45) is 1.81. The quantitative estimate of drug-likeness (QED) is 0.344. The molecule has 0 saturated carbocycles. The van der Waals surface area contributed by atoms with Gasteiger partial charge in [0.1, 0.15) is 0 Å². The highest BCUT2D eigenvalue weighted by molar-refractivity contribution is 7.15. The summed E-state index contributed by atoms with van der Waals surface area (Å²) < 4.78 is 0. The zero-order chi connectivity index (χ0) is 24.9. The van der Waals surface area contributed by atoms with Gasteiger partial charge in [0.2, 0.25) is 17.8 Å². The van der Waals surface area contributed by atoms with Gasteiger partial charge in [0.05, 0.1) is 0 Å². The van der Waals surface area contributed by atoms with E-state index in [1.54, 1.807) is 23.5 Å². The highest BCUT2D eigenvalue weighted by Gasteiger charge is 2.19. The Morgan fingerprint density at radius 3 is 2.19 bits per heavy atom. The third-order valence-corrected chi connectivity index (χ3v) is 6.51. The first-order valence-corrected chi connectivity index (χ1v) is 12.5. The minimum absolute atomic E-state index is 0.154. The average molecular weight is 502 g/mol. The van der Waals surface area contributed by atoms with E-state index in [4.69, 9.17) is 0 Å². The van der Waals surface area contributed by atoms with Crippen molar-refractivity contribution >= 4 is 51.6 Å². The molecule has 36 heavy (non-hydrogen) atoms. The van der Waals surface area contributed by atoms with Crippen molar-refractivity contribution in [3.8, 4) is 0 Å². The maximum absolute atomic E-state index is 12.4. The summed E-state index contributed by atoms with van der Waals surface area (Å²) in [6.45, 7) is 5.57. The predicted octanol–water partition coefficient (Wildman–Crippen LogP) is 4.13. The van der Waals surface area contributed by atoms with E-state index in [1.165, 1.54) is 0 Å². The lowest BCUT2D eigenvalue weighted by Crippen LogP contribution is -2.45. The van der Waals surface area contributed by atoms with Crippen molar-refractivity contribution < 1.29 is 4.79 Å². The molecule has 0 bridgehead atoms. The number of aromatic nitrogens is 4. The van der Waals surface area contributed by atoms with Crippen molar-refractivity contribution in [3.63, 3.8) is 0 Å². The first-order chi connectivity index (χ1) is 17.5. The molecular weight excluding hydrogens is 474 g/mol. The summed E-state index contributed by atoms with van der Waals surface area (Å²) in [6, 6.07) is 16.5. The van der Waals surface area contributed by atoms with Crippen molar-refractivity contribution in [1.82, 2.24) is 24.8 Å². The Hall–Kier alpha value is -4.09. The molecular formula is C25H27N9OS. The van der Waals surface area contributed by atoms with Crippen molar-refractivity contribution in [3.05, 3.63) is 71.2 Å². The fourth-order valence-corrected chi connectivity index (χ4v) is 4.35. The zero-order valence-corrected chi connectivity index (χ0v) is 20.9. The van der Waals surface area contributed by atoms with Gasteiger partial charge in [-0.1, -0.05) is 18.2 Å². The van der Waals surface area contributed by atoms with Crippen LogP contribution in [0.15, 0.2) is 60.8 Å². The normalized spacial score (nSPS) is 13.9. The fraction of sp³-hybridized carbons (Fsp3) is 0.240. The molecule has 2 aromatic carbocycles. The smallest absolute Gasteiger partial charge is 0.255 e. The minimum atomic E-state index is -0.154. The Balaban J connectivity index is 1.33. The molecule has 0 radical (unpaired) electrons. The predicted molar refractivity (Wildman–Crippen MR) is 144 cm³/mol. The minimum Gasteiger partial charge on any atom is -0.338 e. The van der Waals surface area contributed by atoms with Gasteiger partial charge in [0.25, 0.3) is 5.91 Å². The molecule has 4 aromatic rings. The number of hydrogen-bond acceptors (Lipinski definition) is 10. The van der Waals surface area contributed by atoms with E-state index in [2.05, 4.69) is 52.7 Å². The summed E-state index contributed by atoms with van der Waals surface area (Å²) >= 11 is 1.54. The van der Waals surface area contributed by atoms with Crippen LogP contribution in [0, 0.1) is 6.92 Å². The van der Waals surface area contributed by atoms with Gasteiger partial charge < -0.3 is 20.4 Å². The Labute approximate surface area is 213 Å². The molecule has 1 aliphatic rings. The maximum Gasteiger partial charge on any atom is 0.255 e. The Bertz CT molecular complexity index is 1320. The highest BCUT2D eigenvalue weighted by Crippen LogP contribution is 2.24. The fourth-order valence-electron chi connectivity index (χ4n) is 3.69. The second kappa shape index (κ2) is 10.7. The van der Waals surface area contributed by atoms with Gasteiger partial charge >= 0.3 is 0 Å². The number of aryl methyl sites for hydroxylation is 1. The number of carbonyl (C=O) groups excluding carboxylic acids is 1. The van der Waals surface area contributed by atoms with Gasteiger partial charge in [-0.05, 0) is 50.4 Å². The Morgan fingerprint density at radius 2 is 1.53 bits per heavy atom. The molecule has 0 aliphatic carbocycles. The van der Waals surface area contributed by atoms with Crippen LogP contribution in [0.4, 0.5) is 34.4 Å². The molecule has 1 fully saturated rings. The van der Waals surface area contributed by atoms with Crippen LogP contribution in [-0.4, -0.2) is 64.0 Å². The topological polar surface area (TPSA) is 111 Å². The van der Waals surface area contributed by atoms with Crippen LogP contribution < -0.4 is 20.9 Å². The van der Waals surface area contributed by atoms with Gasteiger partial charge in [0.15, 0.2) is 5.13 Å². The standard InChI is InChI=1S/C25H27N9OS/c1-17-16-26-25(36-17)32-23-29-22(30-24(31-23)34-14-12-33(2)13-15-34)28-20-10-8-19(9-11-20)27-21(35)18-6-4-3-5-7-18/h3-11,16H,12-15H2,1-2H3,(H,27,35)(H2,26,28,29,30,31,32). The number of nitrogens with one attached hydrogen (secondary N) is 3. The number of hydrogen-bond donors (Lipinski definition) is 3. The van der Waals surface area contributed by atoms with Gasteiger partial charge in [-0.15, -0.1) is 11.3 Å². The molecule has 10 nitrogen and oxygen atoms in total. The summed E-state index contributed by atoms with van der Waals surface area (Å²) in [7, 11) is 2.11. The SMILES string of the molecule is Cc1cnc(Nc2nc(Nc3ccc(NC(=O)c4ccccc4)cc3)nc(N3CCN(C)CC3)n2)s1. The molecule has 0 unspecified atom stereocenters. The van der Waals surface area contributed by atoms with E-state index >= 15 is 0 Å². The largest absolute Gasteiger partial charge is 0.338 e. The van der Waals surface area contributed by atoms with E-state index in [0.29, 0.717) is 29.1 Å². The lowest BCUT2D eigenvalue weighted by Gasteiger charge is -2.32. The van der Waals surface area contributed by atoms with Crippen molar-refractivity contribution in [2.45, 2.75) is 6.92 Å². The second-order valence-electron chi connectivity index (χ2n) is 8.50. The van der Waals surface area contributed by atoms with Gasteiger partial charge in [-0.3, -0.25) is 10.1 Å². The number of thiazole rings is 1. The third kappa shape index (κ3) is 5.93. The summed E-state index contributed by atoms with van der Waals surface area (Å²) in [5.74, 6) is 1.32. The van der Waals surface area contributed by atoms with Crippen molar-refractivity contribution in [2.24, 2.45) is 0 Å². The summed E-state index contributed by atoms with van der Waals surface area (Å²) in [4.78, 5) is 36.2. The second-order valence-corrected chi connectivity index (χ2v) is 9.73.